The Balaban J connectivity index is 1.98. The number of aromatic nitrogens is 5. The maximum atomic E-state index is 12.4. The molecule has 2 saturated carbocycles. The van der Waals surface area contributed by atoms with Crippen LogP contribution in [0, 0.1) is 11.8 Å². The average molecular weight is 275 g/mol. The van der Waals surface area contributed by atoms with Crippen LogP contribution in [0.5, 0.6) is 0 Å². The fourth-order valence-corrected chi connectivity index (χ4v) is 4.01. The first kappa shape index (κ1) is 11.9. The number of nitrogens with zero attached hydrogens (tertiary/aromatic N) is 5. The van der Waals surface area contributed by atoms with E-state index in [2.05, 4.69) is 10.3 Å². The van der Waals surface area contributed by atoms with Crippen LogP contribution in [0.15, 0.2) is 9.59 Å². The molecular weight excluding hydrogens is 258 g/mol. The Kier molecular flexibility index (Phi) is 2.26. The summed E-state index contributed by atoms with van der Waals surface area (Å²) in [7, 11) is 3.13. The second-order valence-electron chi connectivity index (χ2n) is 6.15. The van der Waals surface area contributed by atoms with Crippen LogP contribution in [0.2, 0.25) is 0 Å². The van der Waals surface area contributed by atoms with Crippen molar-refractivity contribution in [2.45, 2.75) is 31.7 Å². The summed E-state index contributed by atoms with van der Waals surface area (Å²) in [5.74, 6) is 1.37. The fourth-order valence-electron chi connectivity index (χ4n) is 4.01. The number of rotatable bonds is 1. The number of hydrogen-bond acceptors (Lipinski definition) is 4. The predicted molar refractivity (Wildman–Crippen MR) is 72.5 cm³/mol. The number of fused-ring (bicyclic) bond motifs is 3. The molecule has 2 aromatic heterocycles. The molecule has 2 aromatic rings. The van der Waals surface area contributed by atoms with Gasteiger partial charge in [0.15, 0.2) is 11.2 Å². The third-order valence-corrected chi connectivity index (χ3v) is 5.09. The monoisotopic (exact) mass is 275 g/mol. The molecule has 2 heterocycles. The van der Waals surface area contributed by atoms with Gasteiger partial charge >= 0.3 is 5.69 Å². The van der Waals surface area contributed by atoms with Gasteiger partial charge in [-0.2, -0.15) is 0 Å². The maximum Gasteiger partial charge on any atom is 0.332 e. The van der Waals surface area contributed by atoms with E-state index in [-0.39, 0.29) is 17.3 Å². The van der Waals surface area contributed by atoms with Gasteiger partial charge in [0.25, 0.3) is 5.56 Å². The van der Waals surface area contributed by atoms with Gasteiger partial charge in [-0.25, -0.2) is 9.48 Å². The highest BCUT2D eigenvalue weighted by Gasteiger charge is 2.42. The average Bonchev–Trinajstić information content (AvgIpc) is 3.15. The third-order valence-electron chi connectivity index (χ3n) is 5.09. The highest BCUT2D eigenvalue weighted by Crippen LogP contribution is 2.50. The molecule has 7 heteroatoms. The number of aryl methyl sites for hydroxylation is 1. The molecule has 106 valence electrons. The lowest BCUT2D eigenvalue weighted by Crippen LogP contribution is -2.38. The van der Waals surface area contributed by atoms with E-state index in [0.29, 0.717) is 17.1 Å². The van der Waals surface area contributed by atoms with Gasteiger partial charge in [-0.3, -0.25) is 13.9 Å². The summed E-state index contributed by atoms with van der Waals surface area (Å²) >= 11 is 0. The van der Waals surface area contributed by atoms with E-state index in [1.165, 1.54) is 30.9 Å². The van der Waals surface area contributed by atoms with Crippen LogP contribution in [0.4, 0.5) is 0 Å². The highest BCUT2D eigenvalue weighted by molar-refractivity contribution is 5.68. The highest BCUT2D eigenvalue weighted by atomic mass is 16.2. The first-order valence-electron chi connectivity index (χ1n) is 7.09. The van der Waals surface area contributed by atoms with E-state index in [4.69, 9.17) is 0 Å². The molecule has 2 bridgehead atoms. The Hall–Kier alpha value is -1.92. The van der Waals surface area contributed by atoms with Crippen molar-refractivity contribution in [3.05, 3.63) is 20.8 Å². The van der Waals surface area contributed by atoms with E-state index in [1.807, 2.05) is 0 Å². The van der Waals surface area contributed by atoms with E-state index in [9.17, 15) is 9.59 Å². The second-order valence-corrected chi connectivity index (χ2v) is 6.15. The van der Waals surface area contributed by atoms with Crippen molar-refractivity contribution in [2.75, 3.05) is 0 Å². The molecule has 0 radical (unpaired) electrons. The third kappa shape index (κ3) is 1.35. The van der Waals surface area contributed by atoms with Crippen LogP contribution < -0.4 is 11.2 Å². The quantitative estimate of drug-likeness (QED) is 0.744. The summed E-state index contributed by atoms with van der Waals surface area (Å²) in [6.07, 6.45) is 4.82. The molecule has 3 atom stereocenters. The molecule has 0 N–H and O–H groups in total. The van der Waals surface area contributed by atoms with Crippen molar-refractivity contribution < 1.29 is 0 Å². The number of hydrogen-bond donors (Lipinski definition) is 0. The lowest BCUT2D eigenvalue weighted by molar-refractivity contribution is 0.308. The van der Waals surface area contributed by atoms with E-state index < -0.39 is 0 Å². The Labute approximate surface area is 114 Å². The largest absolute Gasteiger partial charge is 0.332 e. The van der Waals surface area contributed by atoms with Gasteiger partial charge in [0.05, 0.1) is 6.04 Å². The van der Waals surface area contributed by atoms with Gasteiger partial charge in [-0.1, -0.05) is 11.6 Å². The van der Waals surface area contributed by atoms with Crippen LogP contribution in [-0.4, -0.2) is 24.1 Å². The molecule has 0 amide bonds. The van der Waals surface area contributed by atoms with Crippen LogP contribution in [0.25, 0.3) is 11.2 Å². The first-order chi connectivity index (χ1) is 9.58. The Morgan fingerprint density at radius 2 is 1.90 bits per heavy atom. The lowest BCUT2D eigenvalue weighted by Gasteiger charge is -2.21. The maximum absolute atomic E-state index is 12.4. The van der Waals surface area contributed by atoms with E-state index >= 15 is 0 Å². The van der Waals surface area contributed by atoms with Gasteiger partial charge in [0.2, 0.25) is 0 Å². The summed E-state index contributed by atoms with van der Waals surface area (Å²) in [5, 5.41) is 8.27. The Bertz CT molecular complexity index is 815. The van der Waals surface area contributed by atoms with Crippen LogP contribution >= 0.6 is 0 Å². The second kappa shape index (κ2) is 3.80. The lowest BCUT2D eigenvalue weighted by atomic mass is 9.95. The summed E-state index contributed by atoms with van der Waals surface area (Å²) in [4.78, 5) is 24.3. The minimum Gasteiger partial charge on any atom is -0.278 e. The molecule has 7 nitrogen and oxygen atoms in total. The fraction of sp³-hybridized carbons (Fsp3) is 0.692. The van der Waals surface area contributed by atoms with Gasteiger partial charge in [-0.15, -0.1) is 5.10 Å². The SMILES string of the molecule is Cn1c(=O)c2c(nnn2[C@H]2C[C@H]3CC[C@@H]2C3)n(C)c1=O. The van der Waals surface area contributed by atoms with Crippen molar-refractivity contribution >= 4 is 11.2 Å². The molecule has 0 aliphatic heterocycles. The molecule has 0 saturated heterocycles. The molecule has 2 fully saturated rings. The van der Waals surface area contributed by atoms with E-state index in [1.54, 1.807) is 11.7 Å². The minimum atomic E-state index is -0.359. The van der Waals surface area contributed by atoms with Crippen LogP contribution in [0.3, 0.4) is 0 Å². The predicted octanol–water partition coefficient (Wildman–Crippen LogP) is 0.190. The standard InChI is InChI=1S/C13H17N5O2/c1-16-11-10(12(19)17(2)13(16)20)18(15-14-11)9-6-7-3-4-8(9)5-7/h7-9H,3-6H2,1-2H3/t7-,8+,9-/m0/s1. The molecule has 0 unspecified atom stereocenters. The summed E-state index contributed by atoms with van der Waals surface area (Å²) in [6.45, 7) is 0. The van der Waals surface area contributed by atoms with E-state index in [0.717, 1.165) is 16.9 Å². The van der Waals surface area contributed by atoms with Crippen LogP contribution in [-0.2, 0) is 14.1 Å². The van der Waals surface area contributed by atoms with Crippen LogP contribution in [0.1, 0.15) is 31.7 Å². The van der Waals surface area contributed by atoms with Gasteiger partial charge in [0, 0.05) is 14.1 Å². The summed E-state index contributed by atoms with van der Waals surface area (Å²) in [6, 6.07) is 0.268. The minimum absolute atomic E-state index is 0.268. The first-order valence-corrected chi connectivity index (χ1v) is 7.09. The Morgan fingerprint density at radius 3 is 2.55 bits per heavy atom. The zero-order valence-electron chi connectivity index (χ0n) is 11.6. The molecule has 0 spiro atoms. The van der Waals surface area contributed by atoms with Crippen molar-refractivity contribution in [1.82, 2.24) is 24.1 Å². The molecule has 0 aromatic carbocycles. The molecule has 2 aliphatic carbocycles. The van der Waals surface area contributed by atoms with Crippen molar-refractivity contribution in [3.8, 4) is 0 Å². The summed E-state index contributed by atoms with van der Waals surface area (Å²) in [5.41, 5.74) is 0.200. The zero-order chi connectivity index (χ0) is 14.0. The smallest absolute Gasteiger partial charge is 0.278 e. The van der Waals surface area contributed by atoms with Crippen molar-refractivity contribution in [3.63, 3.8) is 0 Å². The van der Waals surface area contributed by atoms with Crippen molar-refractivity contribution in [2.24, 2.45) is 25.9 Å². The molecular formula is C13H17N5O2. The molecule has 4 rings (SSSR count). The molecule has 2 aliphatic rings. The normalized spacial score (nSPS) is 28.6. The van der Waals surface area contributed by atoms with Gasteiger partial charge in [-0.05, 0) is 31.1 Å². The topological polar surface area (TPSA) is 74.7 Å². The zero-order valence-corrected chi connectivity index (χ0v) is 11.6. The van der Waals surface area contributed by atoms with Gasteiger partial charge < -0.3 is 0 Å². The van der Waals surface area contributed by atoms with Gasteiger partial charge in [0.1, 0.15) is 0 Å². The summed E-state index contributed by atoms with van der Waals surface area (Å²) < 4.78 is 4.31. The Morgan fingerprint density at radius 1 is 1.10 bits per heavy atom. The van der Waals surface area contributed by atoms with Crippen molar-refractivity contribution in [1.29, 1.82) is 0 Å². The molecule has 20 heavy (non-hydrogen) atoms.